The number of amides is 2. The van der Waals surface area contributed by atoms with Gasteiger partial charge in [0.15, 0.2) is 5.65 Å². The Balaban J connectivity index is 1.49. The van der Waals surface area contributed by atoms with E-state index >= 15 is 0 Å². The van der Waals surface area contributed by atoms with E-state index in [0.29, 0.717) is 18.9 Å². The highest BCUT2D eigenvalue weighted by Crippen LogP contribution is 2.31. The van der Waals surface area contributed by atoms with Gasteiger partial charge in [0.25, 0.3) is 11.8 Å². The van der Waals surface area contributed by atoms with E-state index < -0.39 is 15.9 Å². The number of likely N-dealkylation sites (tertiary alicyclic amines) is 1. The highest BCUT2D eigenvalue weighted by atomic mass is 32.2. The van der Waals surface area contributed by atoms with Crippen LogP contribution in [0.1, 0.15) is 63.1 Å². The van der Waals surface area contributed by atoms with Crippen molar-refractivity contribution in [2.45, 2.75) is 39.5 Å². The number of hydrogen-bond acceptors (Lipinski definition) is 7. The van der Waals surface area contributed by atoms with E-state index in [4.69, 9.17) is 0 Å². The lowest BCUT2D eigenvalue weighted by atomic mass is 9.89. The van der Waals surface area contributed by atoms with Crippen molar-refractivity contribution in [3.05, 3.63) is 88.5 Å². The fraction of sp³-hybridized carbons (Fsp3) is 0.310. The molecule has 5 rings (SSSR count). The first kappa shape index (κ1) is 28.2. The minimum Gasteiger partial charge on any atom is -0.339 e. The molecule has 12 heteroatoms. The van der Waals surface area contributed by atoms with Gasteiger partial charge in [0.05, 0.1) is 11.9 Å². The molecule has 0 saturated carbocycles. The average molecular weight is 579 g/mol. The maximum absolute atomic E-state index is 13.9. The number of piperidine rings is 1. The van der Waals surface area contributed by atoms with Gasteiger partial charge in [-0.25, -0.2) is 22.5 Å². The molecule has 2 aromatic carbocycles. The van der Waals surface area contributed by atoms with Gasteiger partial charge in [-0.05, 0) is 74.4 Å². The normalized spacial score (nSPS) is 14.3. The van der Waals surface area contributed by atoms with Crippen molar-refractivity contribution in [1.29, 1.82) is 0 Å². The lowest BCUT2D eigenvalue weighted by Gasteiger charge is -2.32. The summed E-state index contributed by atoms with van der Waals surface area (Å²) < 4.78 is 40.8. The van der Waals surface area contributed by atoms with Gasteiger partial charge in [-0.2, -0.15) is 9.61 Å². The zero-order valence-corrected chi connectivity index (χ0v) is 23.8. The van der Waals surface area contributed by atoms with E-state index in [0.717, 1.165) is 35.2 Å². The van der Waals surface area contributed by atoms with E-state index in [1.165, 1.54) is 36.0 Å². The monoisotopic (exact) mass is 578 g/mol. The van der Waals surface area contributed by atoms with Crippen LogP contribution in [-0.2, 0) is 10.0 Å². The van der Waals surface area contributed by atoms with E-state index in [1.807, 2.05) is 36.8 Å². The minimum atomic E-state index is -3.80. The summed E-state index contributed by atoms with van der Waals surface area (Å²) >= 11 is 0. The molecule has 10 nitrogen and oxygen atoms in total. The van der Waals surface area contributed by atoms with Gasteiger partial charge < -0.3 is 10.2 Å². The Morgan fingerprint density at radius 2 is 1.73 bits per heavy atom. The van der Waals surface area contributed by atoms with Gasteiger partial charge in [0.2, 0.25) is 10.0 Å². The highest BCUT2D eigenvalue weighted by molar-refractivity contribution is 7.90. The van der Waals surface area contributed by atoms with Crippen molar-refractivity contribution in [3.63, 3.8) is 0 Å². The first-order valence-electron chi connectivity index (χ1n) is 13.4. The maximum Gasteiger partial charge on any atom is 0.270 e. The summed E-state index contributed by atoms with van der Waals surface area (Å²) in [6.45, 7) is 6.32. The molecule has 0 atom stereocenters. The summed E-state index contributed by atoms with van der Waals surface area (Å²) in [5.74, 6) is -1.11. The topological polar surface area (TPSA) is 126 Å². The Bertz CT molecular complexity index is 1730. The maximum atomic E-state index is 13.9. The van der Waals surface area contributed by atoms with Crippen LogP contribution < -0.4 is 10.0 Å². The quantitative estimate of drug-likeness (QED) is 0.334. The van der Waals surface area contributed by atoms with Crippen molar-refractivity contribution in [3.8, 4) is 0 Å². The van der Waals surface area contributed by atoms with Gasteiger partial charge in [0, 0.05) is 25.0 Å². The zero-order chi connectivity index (χ0) is 29.3. The molecule has 2 aromatic heterocycles. The molecular formula is C29H31FN6O4S. The summed E-state index contributed by atoms with van der Waals surface area (Å²) in [4.78, 5) is 32.8. The minimum absolute atomic E-state index is 0.0369. The lowest BCUT2D eigenvalue weighted by molar-refractivity contribution is 0.0713. The van der Waals surface area contributed by atoms with Crippen LogP contribution in [0, 0.1) is 19.7 Å². The van der Waals surface area contributed by atoms with Crippen molar-refractivity contribution >= 4 is 39.0 Å². The Labute approximate surface area is 237 Å². The van der Waals surface area contributed by atoms with Crippen LogP contribution in [0.15, 0.2) is 54.9 Å². The van der Waals surface area contributed by atoms with Crippen LogP contribution in [0.3, 0.4) is 0 Å². The number of carbonyl (C=O) groups is 2. The molecule has 214 valence electrons. The van der Waals surface area contributed by atoms with Crippen LogP contribution in [-0.4, -0.2) is 58.6 Å². The second-order valence-electron chi connectivity index (χ2n) is 10.2. The summed E-state index contributed by atoms with van der Waals surface area (Å²) in [6, 6.07) is 12.4. The molecule has 0 radical (unpaired) electrons. The standard InChI is InChI=1S/C29H31FN6O4S/c1-4-41(39,40)34-28(37)23-17-32-36-26(23)31-16-24(27(36)33-25-15-18(2)5-6-19(25)3)29(38)35-13-11-21(12-14-35)20-7-9-22(30)10-8-20/h5-10,15-17,21,33H,4,11-14H2,1-3H3,(H,34,37). The van der Waals surface area contributed by atoms with Crippen LogP contribution in [0.2, 0.25) is 0 Å². The number of halogens is 1. The van der Waals surface area contributed by atoms with Gasteiger partial charge in [-0.3, -0.25) is 9.59 Å². The van der Waals surface area contributed by atoms with Crippen LogP contribution in [0.4, 0.5) is 15.9 Å². The van der Waals surface area contributed by atoms with Crippen LogP contribution >= 0.6 is 0 Å². The third-order valence-corrected chi connectivity index (χ3v) is 8.66. The fourth-order valence-corrected chi connectivity index (χ4v) is 5.49. The van der Waals surface area contributed by atoms with Gasteiger partial charge in [0.1, 0.15) is 22.8 Å². The second kappa shape index (κ2) is 11.3. The molecule has 4 aromatic rings. The summed E-state index contributed by atoms with van der Waals surface area (Å²) in [5.41, 5.74) is 4.05. The molecule has 0 unspecified atom stereocenters. The molecule has 1 fully saturated rings. The predicted octanol–water partition coefficient (Wildman–Crippen LogP) is 4.33. The number of benzene rings is 2. The Hall–Kier alpha value is -4.32. The smallest absolute Gasteiger partial charge is 0.270 e. The summed E-state index contributed by atoms with van der Waals surface area (Å²) in [7, 11) is -3.80. The third kappa shape index (κ3) is 5.92. The van der Waals surface area contributed by atoms with Gasteiger partial charge in [-0.15, -0.1) is 0 Å². The van der Waals surface area contributed by atoms with Crippen molar-refractivity contribution in [2.75, 3.05) is 24.2 Å². The van der Waals surface area contributed by atoms with E-state index in [1.54, 1.807) is 17.0 Å². The molecule has 3 heterocycles. The number of aromatic nitrogens is 3. The summed E-state index contributed by atoms with van der Waals surface area (Å²) in [6.07, 6.45) is 4.08. The fourth-order valence-electron chi connectivity index (χ4n) is 4.96. The molecule has 2 N–H and O–H groups in total. The number of hydrogen-bond donors (Lipinski definition) is 2. The van der Waals surface area contributed by atoms with Crippen molar-refractivity contribution < 1.29 is 22.4 Å². The summed E-state index contributed by atoms with van der Waals surface area (Å²) in [5, 5.41) is 7.65. The van der Waals surface area contributed by atoms with Gasteiger partial charge in [-0.1, -0.05) is 24.3 Å². The van der Waals surface area contributed by atoms with Crippen molar-refractivity contribution in [2.24, 2.45) is 0 Å². The molecule has 0 bridgehead atoms. The number of nitrogens with one attached hydrogen (secondary N) is 2. The molecule has 1 aliphatic heterocycles. The molecular weight excluding hydrogens is 547 g/mol. The van der Waals surface area contributed by atoms with E-state index in [-0.39, 0.29) is 40.2 Å². The zero-order valence-electron chi connectivity index (χ0n) is 23.0. The third-order valence-electron chi connectivity index (χ3n) is 7.40. The number of nitrogens with zero attached hydrogens (tertiary/aromatic N) is 4. The Kier molecular flexibility index (Phi) is 7.76. The number of fused-ring (bicyclic) bond motifs is 1. The number of anilines is 2. The first-order chi connectivity index (χ1) is 19.6. The number of rotatable bonds is 7. The molecule has 1 aliphatic rings. The average Bonchev–Trinajstić information content (AvgIpc) is 3.40. The molecule has 0 aliphatic carbocycles. The second-order valence-corrected chi connectivity index (χ2v) is 12.2. The van der Waals surface area contributed by atoms with E-state index in [9.17, 15) is 22.4 Å². The lowest BCUT2D eigenvalue weighted by Crippen LogP contribution is -2.38. The molecule has 1 saturated heterocycles. The Morgan fingerprint density at radius 1 is 1.02 bits per heavy atom. The van der Waals surface area contributed by atoms with Gasteiger partial charge >= 0.3 is 0 Å². The molecule has 2 amide bonds. The largest absolute Gasteiger partial charge is 0.339 e. The number of sulfonamides is 1. The van der Waals surface area contributed by atoms with Crippen LogP contribution in [0.5, 0.6) is 0 Å². The first-order valence-corrected chi connectivity index (χ1v) is 15.0. The van der Waals surface area contributed by atoms with E-state index in [2.05, 4.69) is 15.4 Å². The molecule has 0 spiro atoms. The van der Waals surface area contributed by atoms with Crippen LogP contribution in [0.25, 0.3) is 5.65 Å². The Morgan fingerprint density at radius 3 is 2.41 bits per heavy atom. The van der Waals surface area contributed by atoms with Crippen molar-refractivity contribution in [1.82, 2.24) is 24.2 Å². The highest BCUT2D eigenvalue weighted by Gasteiger charge is 2.29. The SMILES string of the molecule is CCS(=O)(=O)NC(=O)c1cnn2c(Nc3cc(C)ccc3C)c(C(=O)N3CCC(c4ccc(F)cc4)CC3)cnc12. The predicted molar refractivity (Wildman–Crippen MR) is 153 cm³/mol. The number of aryl methyl sites for hydroxylation is 2. The molecule has 41 heavy (non-hydrogen) atoms. The number of carbonyl (C=O) groups excluding carboxylic acids is 2.